The summed E-state index contributed by atoms with van der Waals surface area (Å²) in [6.07, 6.45) is 0. The SMILES string of the molecule is O=C(Nc1ccc(S(=O)(=O)Nc2cc3ccccc3c(S(=O)(=O)O)c2O)cc1)Nc1ccc(S(=O)(=O)Nc2cc3ccccc3c(S(=O)(=O)O)c2O)cc1. The quantitative estimate of drug-likeness (QED) is 0.0657. The Bertz CT molecular complexity index is 2740. The maximum atomic E-state index is 13.1. The average molecular weight is 815 g/mol. The van der Waals surface area contributed by atoms with Crippen molar-refractivity contribution in [2.45, 2.75) is 19.6 Å². The van der Waals surface area contributed by atoms with Crippen LogP contribution in [0.1, 0.15) is 0 Å². The number of urea groups is 1. The number of carbonyl (C=O) groups excluding carboxylic acids is 1. The number of aromatic hydroxyl groups is 2. The zero-order valence-electron chi connectivity index (χ0n) is 27.0. The molecule has 0 atom stereocenters. The van der Waals surface area contributed by atoms with Crippen molar-refractivity contribution >= 4 is 90.6 Å². The topological polar surface area (TPSA) is 283 Å². The Morgan fingerprint density at radius 1 is 0.481 bits per heavy atom. The summed E-state index contributed by atoms with van der Waals surface area (Å²) in [5.41, 5.74) is -0.792. The van der Waals surface area contributed by atoms with Crippen LogP contribution in [0.15, 0.2) is 129 Å². The second-order valence-corrected chi connectivity index (χ2v) is 17.5. The Morgan fingerprint density at radius 3 is 1.15 bits per heavy atom. The van der Waals surface area contributed by atoms with Gasteiger partial charge in [0.15, 0.2) is 11.5 Å². The third-order valence-electron chi connectivity index (χ3n) is 7.80. The van der Waals surface area contributed by atoms with Crippen molar-refractivity contribution in [1.29, 1.82) is 0 Å². The van der Waals surface area contributed by atoms with Gasteiger partial charge < -0.3 is 20.8 Å². The number of fused-ring (bicyclic) bond motifs is 2. The first kappa shape index (κ1) is 37.8. The van der Waals surface area contributed by atoms with E-state index in [1.54, 1.807) is 12.1 Å². The minimum absolute atomic E-state index is 0.0376. The fourth-order valence-corrected chi connectivity index (χ4v) is 9.17. The Balaban J connectivity index is 1.13. The van der Waals surface area contributed by atoms with Gasteiger partial charge in [-0.05, 0) is 71.4 Å². The number of anilines is 4. The van der Waals surface area contributed by atoms with Gasteiger partial charge in [0.25, 0.3) is 40.3 Å². The van der Waals surface area contributed by atoms with Crippen LogP contribution in [0.25, 0.3) is 21.5 Å². The van der Waals surface area contributed by atoms with Crippen molar-refractivity contribution in [1.82, 2.24) is 0 Å². The van der Waals surface area contributed by atoms with Crippen LogP contribution in [0.4, 0.5) is 27.5 Å². The summed E-state index contributed by atoms with van der Waals surface area (Å²) in [4.78, 5) is 10.2. The number of nitrogens with one attached hydrogen (secondary N) is 4. The molecule has 6 rings (SSSR count). The third-order valence-corrected chi connectivity index (χ3v) is 12.4. The van der Waals surface area contributed by atoms with E-state index < -0.39 is 79.0 Å². The van der Waals surface area contributed by atoms with Crippen LogP contribution >= 0.6 is 0 Å². The van der Waals surface area contributed by atoms with Gasteiger partial charge >= 0.3 is 6.03 Å². The van der Waals surface area contributed by atoms with Crippen molar-refractivity contribution in [3.05, 3.63) is 109 Å². The van der Waals surface area contributed by atoms with Gasteiger partial charge in [-0.15, -0.1) is 0 Å². The summed E-state index contributed by atoms with van der Waals surface area (Å²) in [6.45, 7) is 0. The molecule has 54 heavy (non-hydrogen) atoms. The molecule has 0 bridgehead atoms. The molecule has 0 fully saturated rings. The lowest BCUT2D eigenvalue weighted by atomic mass is 10.1. The third kappa shape index (κ3) is 7.71. The molecule has 0 aromatic heterocycles. The normalized spacial score (nSPS) is 12.3. The summed E-state index contributed by atoms with van der Waals surface area (Å²) >= 11 is 0. The highest BCUT2D eigenvalue weighted by Gasteiger charge is 2.27. The number of carbonyl (C=O) groups is 1. The lowest BCUT2D eigenvalue weighted by molar-refractivity contribution is 0.262. The van der Waals surface area contributed by atoms with E-state index in [1.165, 1.54) is 72.8 Å². The van der Waals surface area contributed by atoms with Gasteiger partial charge in [-0.25, -0.2) is 21.6 Å². The molecule has 0 heterocycles. The van der Waals surface area contributed by atoms with Crippen LogP contribution in [-0.2, 0) is 40.3 Å². The van der Waals surface area contributed by atoms with Crippen LogP contribution in [0.5, 0.6) is 11.5 Å². The number of amides is 2. The van der Waals surface area contributed by atoms with Crippen LogP contribution in [0, 0.1) is 0 Å². The molecular formula is C33H26N4O13S4. The molecule has 0 unspecified atom stereocenters. The minimum atomic E-state index is -4.97. The van der Waals surface area contributed by atoms with Gasteiger partial charge in [0, 0.05) is 22.1 Å². The number of benzene rings is 6. The van der Waals surface area contributed by atoms with Gasteiger partial charge in [0.1, 0.15) is 9.79 Å². The van der Waals surface area contributed by atoms with E-state index in [1.807, 2.05) is 0 Å². The van der Waals surface area contributed by atoms with Crippen molar-refractivity contribution in [2.24, 2.45) is 0 Å². The van der Waals surface area contributed by atoms with E-state index in [9.17, 15) is 57.8 Å². The van der Waals surface area contributed by atoms with E-state index in [0.29, 0.717) is 0 Å². The minimum Gasteiger partial charge on any atom is -0.504 e. The van der Waals surface area contributed by atoms with E-state index in [-0.39, 0.29) is 42.7 Å². The first-order chi connectivity index (χ1) is 25.2. The van der Waals surface area contributed by atoms with E-state index in [4.69, 9.17) is 0 Å². The Hall–Kier alpha value is -5.97. The number of sulfonamides is 2. The van der Waals surface area contributed by atoms with Crippen LogP contribution in [0.3, 0.4) is 0 Å². The summed E-state index contributed by atoms with van der Waals surface area (Å²) in [7, 11) is -18.8. The van der Waals surface area contributed by atoms with E-state index in [0.717, 1.165) is 24.3 Å². The molecule has 21 heteroatoms. The molecule has 17 nitrogen and oxygen atoms in total. The fourth-order valence-electron chi connectivity index (χ4n) is 5.42. The monoisotopic (exact) mass is 814 g/mol. The molecule has 0 spiro atoms. The van der Waals surface area contributed by atoms with Crippen molar-refractivity contribution in [2.75, 3.05) is 20.1 Å². The van der Waals surface area contributed by atoms with Crippen molar-refractivity contribution in [3.8, 4) is 11.5 Å². The van der Waals surface area contributed by atoms with Crippen LogP contribution < -0.4 is 20.1 Å². The van der Waals surface area contributed by atoms with Crippen molar-refractivity contribution < 1.29 is 57.8 Å². The second kappa shape index (κ2) is 13.8. The number of rotatable bonds is 10. The zero-order chi connectivity index (χ0) is 39.2. The molecule has 2 amide bonds. The van der Waals surface area contributed by atoms with Crippen LogP contribution in [-0.4, -0.2) is 59.0 Å². The summed E-state index contributed by atoms with van der Waals surface area (Å²) in [6, 6.07) is 22.5. The predicted molar refractivity (Wildman–Crippen MR) is 198 cm³/mol. The second-order valence-electron chi connectivity index (χ2n) is 11.4. The number of phenols is 2. The molecule has 0 saturated carbocycles. The lowest BCUT2D eigenvalue weighted by Crippen LogP contribution is -2.20. The highest BCUT2D eigenvalue weighted by Crippen LogP contribution is 2.40. The first-order valence-electron chi connectivity index (χ1n) is 15.0. The maximum absolute atomic E-state index is 13.1. The molecule has 6 aromatic carbocycles. The molecule has 8 N–H and O–H groups in total. The Kier molecular flexibility index (Phi) is 9.64. The Labute approximate surface area is 307 Å². The molecule has 0 aliphatic heterocycles. The summed E-state index contributed by atoms with van der Waals surface area (Å²) in [5, 5.41) is 26.5. The largest absolute Gasteiger partial charge is 0.504 e. The van der Waals surface area contributed by atoms with E-state index >= 15 is 0 Å². The summed E-state index contributed by atoms with van der Waals surface area (Å²) < 4.78 is 124. The van der Waals surface area contributed by atoms with Gasteiger partial charge in [0.2, 0.25) is 0 Å². The van der Waals surface area contributed by atoms with Crippen LogP contribution in [0.2, 0.25) is 0 Å². The highest BCUT2D eigenvalue weighted by molar-refractivity contribution is 7.93. The zero-order valence-corrected chi connectivity index (χ0v) is 30.3. The number of hydrogen-bond donors (Lipinski definition) is 8. The Morgan fingerprint density at radius 2 is 0.815 bits per heavy atom. The summed E-state index contributed by atoms with van der Waals surface area (Å²) in [5.74, 6) is -2.04. The molecule has 0 aliphatic rings. The van der Waals surface area contributed by atoms with E-state index in [2.05, 4.69) is 20.1 Å². The molecule has 0 radical (unpaired) electrons. The predicted octanol–water partition coefficient (Wildman–Crippen LogP) is 5.14. The fraction of sp³-hybridized carbons (Fsp3) is 0. The average Bonchev–Trinajstić information content (AvgIpc) is 3.08. The number of hydrogen-bond acceptors (Lipinski definition) is 11. The number of phenolic OH excluding ortho intramolecular Hbond substituents is 2. The lowest BCUT2D eigenvalue weighted by Gasteiger charge is -2.15. The van der Waals surface area contributed by atoms with Gasteiger partial charge in [-0.1, -0.05) is 48.5 Å². The molecule has 0 aliphatic carbocycles. The van der Waals surface area contributed by atoms with Gasteiger partial charge in [-0.2, -0.15) is 16.8 Å². The molecule has 6 aromatic rings. The smallest absolute Gasteiger partial charge is 0.323 e. The maximum Gasteiger partial charge on any atom is 0.323 e. The van der Waals surface area contributed by atoms with Gasteiger partial charge in [-0.3, -0.25) is 18.5 Å². The van der Waals surface area contributed by atoms with Crippen molar-refractivity contribution in [3.63, 3.8) is 0 Å². The first-order valence-corrected chi connectivity index (χ1v) is 20.9. The molecular weight excluding hydrogens is 789 g/mol. The molecule has 0 saturated heterocycles. The molecule has 280 valence electrons. The highest BCUT2D eigenvalue weighted by atomic mass is 32.2. The standard InChI is InChI=1S/C33H26N4O13S4/c38-29-27(17-19-5-1-3-7-25(19)31(29)53(45,46)47)36-51(41,42)23-13-9-21(10-14-23)34-33(40)35-22-11-15-24(16-12-22)52(43,44)37-28-18-20-6-2-4-8-26(20)32(30(28)39)54(48,49)50/h1-18,36-39H,(H2,34,35,40)(H,45,46,47)(H,48,49,50). The van der Waals surface area contributed by atoms with Gasteiger partial charge in [0.05, 0.1) is 21.2 Å².